The fraction of sp³-hybridized carbons (Fsp3) is 0.0385. The summed E-state index contributed by atoms with van der Waals surface area (Å²) in [6, 6.07) is 24.9. The van der Waals surface area contributed by atoms with Crippen molar-refractivity contribution < 1.29 is 9.53 Å². The lowest BCUT2D eigenvalue weighted by atomic mass is 10.1. The van der Waals surface area contributed by atoms with E-state index in [1.54, 1.807) is 23.1 Å². The zero-order valence-corrected chi connectivity index (χ0v) is 18.9. The molecule has 0 spiro atoms. The number of fused-ring (bicyclic) bond motifs is 1. The van der Waals surface area contributed by atoms with Crippen LogP contribution >= 0.6 is 23.4 Å². The second-order valence-corrected chi connectivity index (χ2v) is 8.64. The maximum atomic E-state index is 12.7. The first-order chi connectivity index (χ1) is 16.1. The van der Waals surface area contributed by atoms with Gasteiger partial charge in [-0.2, -0.15) is 4.99 Å². The van der Waals surface area contributed by atoms with E-state index in [9.17, 15) is 4.79 Å². The Kier molecular flexibility index (Phi) is 5.86. The molecule has 33 heavy (non-hydrogen) atoms. The van der Waals surface area contributed by atoms with E-state index < -0.39 is 5.91 Å². The number of hydrogen-bond acceptors (Lipinski definition) is 4. The summed E-state index contributed by atoms with van der Waals surface area (Å²) in [5.41, 5.74) is 3.72. The van der Waals surface area contributed by atoms with Crippen LogP contribution in [0, 0.1) is 5.41 Å². The lowest BCUT2D eigenvalue weighted by molar-refractivity contribution is -0.114. The SMILES string of the molecule is N=C1/C(=C/c2ccc(OCc3ccccc3)c(Cl)c2)C(=O)N=C2SC=C(c3ccccc3)N12. The lowest BCUT2D eigenvalue weighted by Gasteiger charge is -2.26. The van der Waals surface area contributed by atoms with Gasteiger partial charge in [0.2, 0.25) is 0 Å². The van der Waals surface area contributed by atoms with Gasteiger partial charge in [0.1, 0.15) is 18.2 Å². The van der Waals surface area contributed by atoms with Crippen molar-refractivity contribution in [2.45, 2.75) is 6.61 Å². The molecule has 0 radical (unpaired) electrons. The van der Waals surface area contributed by atoms with E-state index in [2.05, 4.69) is 4.99 Å². The minimum Gasteiger partial charge on any atom is -0.487 e. The van der Waals surface area contributed by atoms with Gasteiger partial charge in [-0.1, -0.05) is 90.1 Å². The van der Waals surface area contributed by atoms with Crippen molar-refractivity contribution in [2.24, 2.45) is 4.99 Å². The Bertz CT molecular complexity index is 1330. The maximum absolute atomic E-state index is 12.7. The molecule has 0 atom stereocenters. The Hall–Kier alpha value is -3.61. The predicted octanol–water partition coefficient (Wildman–Crippen LogP) is 6.22. The Labute approximate surface area is 200 Å². The van der Waals surface area contributed by atoms with Crippen molar-refractivity contribution >= 4 is 52.0 Å². The summed E-state index contributed by atoms with van der Waals surface area (Å²) in [7, 11) is 0. The van der Waals surface area contributed by atoms with Crippen LogP contribution in [0.3, 0.4) is 0 Å². The van der Waals surface area contributed by atoms with Gasteiger partial charge in [-0.15, -0.1) is 0 Å². The number of amides is 1. The molecule has 5 rings (SSSR count). The number of hydrogen-bond donors (Lipinski definition) is 1. The quantitative estimate of drug-likeness (QED) is 0.448. The first kappa shape index (κ1) is 21.2. The molecule has 0 saturated heterocycles. The zero-order valence-electron chi connectivity index (χ0n) is 17.4. The molecule has 0 bridgehead atoms. The van der Waals surface area contributed by atoms with Gasteiger partial charge in [0.25, 0.3) is 5.91 Å². The Morgan fingerprint density at radius 2 is 1.76 bits per heavy atom. The number of aliphatic imine (C=N–C) groups is 1. The fourth-order valence-corrected chi connectivity index (χ4v) is 4.67. The van der Waals surface area contributed by atoms with E-state index in [1.165, 1.54) is 11.8 Å². The van der Waals surface area contributed by atoms with E-state index >= 15 is 0 Å². The first-order valence-corrected chi connectivity index (χ1v) is 11.5. The fourth-order valence-electron chi connectivity index (χ4n) is 3.54. The van der Waals surface area contributed by atoms with Crippen molar-refractivity contribution in [1.82, 2.24) is 4.90 Å². The summed E-state index contributed by atoms with van der Waals surface area (Å²) in [6.07, 6.45) is 1.64. The smallest absolute Gasteiger partial charge is 0.283 e. The van der Waals surface area contributed by atoms with Crippen LogP contribution in [-0.4, -0.2) is 21.8 Å². The van der Waals surface area contributed by atoms with Crippen LogP contribution in [0.1, 0.15) is 16.7 Å². The van der Waals surface area contributed by atoms with E-state index in [1.807, 2.05) is 72.1 Å². The van der Waals surface area contributed by atoms with E-state index in [-0.39, 0.29) is 11.4 Å². The Morgan fingerprint density at radius 3 is 2.48 bits per heavy atom. The third-order valence-electron chi connectivity index (χ3n) is 5.19. The standard InChI is InChI=1S/C26H18ClN3O2S/c27-21-14-18(11-12-23(21)32-15-17-7-3-1-4-8-17)13-20-24(28)30-22(19-9-5-2-6-10-19)16-33-26(30)29-25(20)31/h1-14,16,28H,15H2/b20-13-,28-24?. The average molecular weight is 472 g/mol. The number of halogens is 1. The van der Waals surface area contributed by atoms with Crippen molar-refractivity contribution in [3.05, 3.63) is 112 Å². The number of rotatable bonds is 5. The Balaban J connectivity index is 1.39. The van der Waals surface area contributed by atoms with Gasteiger partial charge in [-0.05, 0) is 34.9 Å². The maximum Gasteiger partial charge on any atom is 0.283 e. The predicted molar refractivity (Wildman–Crippen MR) is 134 cm³/mol. The highest BCUT2D eigenvalue weighted by Crippen LogP contribution is 2.37. The third-order valence-corrected chi connectivity index (χ3v) is 6.31. The van der Waals surface area contributed by atoms with Crippen LogP contribution < -0.4 is 4.74 Å². The number of thioether (sulfide) groups is 1. The molecule has 1 N–H and O–H groups in total. The first-order valence-electron chi connectivity index (χ1n) is 10.2. The molecule has 3 aromatic carbocycles. The number of carbonyl (C=O) groups is 1. The molecular weight excluding hydrogens is 454 g/mol. The zero-order chi connectivity index (χ0) is 22.8. The van der Waals surface area contributed by atoms with Crippen LogP contribution in [-0.2, 0) is 11.4 Å². The number of ether oxygens (including phenoxy) is 1. The molecule has 2 aliphatic heterocycles. The van der Waals surface area contributed by atoms with Crippen LogP contribution in [0.15, 0.2) is 94.8 Å². The molecule has 162 valence electrons. The molecule has 7 heteroatoms. The van der Waals surface area contributed by atoms with Crippen molar-refractivity contribution in [2.75, 3.05) is 0 Å². The number of carbonyl (C=O) groups excluding carboxylic acids is 1. The van der Waals surface area contributed by atoms with Crippen molar-refractivity contribution in [3.8, 4) is 5.75 Å². The van der Waals surface area contributed by atoms with Crippen LogP contribution in [0.2, 0.25) is 5.02 Å². The van der Waals surface area contributed by atoms with Crippen molar-refractivity contribution in [3.63, 3.8) is 0 Å². The largest absolute Gasteiger partial charge is 0.487 e. The van der Waals surface area contributed by atoms with Gasteiger partial charge in [0.05, 0.1) is 16.3 Å². The highest BCUT2D eigenvalue weighted by molar-refractivity contribution is 8.17. The summed E-state index contributed by atoms with van der Waals surface area (Å²) < 4.78 is 5.83. The minimum absolute atomic E-state index is 0.0885. The number of benzene rings is 3. The number of amidine groups is 2. The van der Waals surface area contributed by atoms with Gasteiger partial charge in [-0.25, -0.2) is 0 Å². The van der Waals surface area contributed by atoms with Gasteiger partial charge in [-0.3, -0.25) is 15.1 Å². The van der Waals surface area contributed by atoms with Crippen molar-refractivity contribution in [1.29, 1.82) is 5.41 Å². The van der Waals surface area contributed by atoms with Crippen LogP contribution in [0.5, 0.6) is 5.75 Å². The molecule has 3 aromatic rings. The summed E-state index contributed by atoms with van der Waals surface area (Å²) >= 11 is 7.78. The van der Waals surface area contributed by atoms with Gasteiger partial charge in [0.15, 0.2) is 5.17 Å². The minimum atomic E-state index is -0.443. The monoisotopic (exact) mass is 471 g/mol. The molecule has 2 aliphatic rings. The van der Waals surface area contributed by atoms with Gasteiger partial charge in [0, 0.05) is 5.41 Å². The molecule has 2 heterocycles. The number of nitrogens with zero attached hydrogens (tertiary/aromatic N) is 2. The number of nitrogens with one attached hydrogen (secondary N) is 1. The molecule has 0 fully saturated rings. The molecule has 0 unspecified atom stereocenters. The molecule has 0 saturated carbocycles. The Morgan fingerprint density at radius 1 is 1.03 bits per heavy atom. The highest BCUT2D eigenvalue weighted by atomic mass is 35.5. The lowest BCUT2D eigenvalue weighted by Crippen LogP contribution is -2.38. The van der Waals surface area contributed by atoms with Gasteiger partial charge < -0.3 is 4.74 Å². The van der Waals surface area contributed by atoms with E-state index in [0.29, 0.717) is 28.1 Å². The topological polar surface area (TPSA) is 65.8 Å². The van der Waals surface area contributed by atoms with Crippen LogP contribution in [0.4, 0.5) is 0 Å². The third kappa shape index (κ3) is 4.35. The molecule has 5 nitrogen and oxygen atoms in total. The molecule has 1 amide bonds. The molecular formula is C26H18ClN3O2S. The molecule has 0 aromatic heterocycles. The highest BCUT2D eigenvalue weighted by Gasteiger charge is 2.36. The summed E-state index contributed by atoms with van der Waals surface area (Å²) in [4.78, 5) is 18.6. The molecule has 0 aliphatic carbocycles. The van der Waals surface area contributed by atoms with E-state index in [4.69, 9.17) is 21.7 Å². The van der Waals surface area contributed by atoms with Crippen LogP contribution in [0.25, 0.3) is 11.8 Å². The summed E-state index contributed by atoms with van der Waals surface area (Å²) in [6.45, 7) is 0.406. The van der Waals surface area contributed by atoms with Gasteiger partial charge >= 0.3 is 0 Å². The second-order valence-electron chi connectivity index (χ2n) is 7.39. The normalized spacial score (nSPS) is 16.5. The summed E-state index contributed by atoms with van der Waals surface area (Å²) in [5.74, 6) is 0.200. The van der Waals surface area contributed by atoms with E-state index in [0.717, 1.165) is 16.8 Å². The second kappa shape index (κ2) is 9.10. The average Bonchev–Trinajstić information content (AvgIpc) is 3.26. The summed E-state index contributed by atoms with van der Waals surface area (Å²) in [5, 5.41) is 11.6.